The van der Waals surface area contributed by atoms with E-state index in [-0.39, 0.29) is 11.8 Å². The van der Waals surface area contributed by atoms with Crippen molar-refractivity contribution in [3.8, 4) is 0 Å². The molecule has 10 nitrogen and oxygen atoms in total. The van der Waals surface area contributed by atoms with Gasteiger partial charge in [-0.05, 0) is 38.1 Å². The van der Waals surface area contributed by atoms with Gasteiger partial charge in [0.15, 0.2) is 5.58 Å². The lowest BCUT2D eigenvalue weighted by atomic mass is 9.91. The van der Waals surface area contributed by atoms with E-state index in [9.17, 15) is 18.8 Å². The number of carbonyl (C=O) groups is 3. The number of hydrogen-bond acceptors (Lipinski definition) is 8. The van der Waals surface area contributed by atoms with Gasteiger partial charge in [-0.2, -0.15) is 0 Å². The van der Waals surface area contributed by atoms with Crippen LogP contribution in [0.4, 0.5) is 4.39 Å². The summed E-state index contributed by atoms with van der Waals surface area (Å²) in [5.74, 6) is -2.70. The molecule has 1 aromatic heterocycles. The number of carboxylic acids is 2. The second kappa shape index (κ2) is 13.3. The molecule has 1 saturated heterocycles. The number of ether oxygens (including phenoxy) is 1. The lowest BCUT2D eigenvalue weighted by Crippen LogP contribution is -2.38. The molecule has 33 heavy (non-hydrogen) atoms. The Morgan fingerprint density at radius 1 is 1.21 bits per heavy atom. The highest BCUT2D eigenvalue weighted by Crippen LogP contribution is 2.32. The van der Waals surface area contributed by atoms with Crippen LogP contribution in [-0.4, -0.2) is 77.5 Å². The minimum Gasteiger partial charge on any atom is -0.478 e. The standard InChI is InChI=1S/C18H24FN3O3.C4H4O4/c1-13(23)24-11-7-20-6-10-22-8-4-14(5-9-22)18-16-3-2-15(19)12-17(16)25-21-18;5-3(6)1-2-4(7)8/h2-3,12,14,20H,4-11H2,1H3;1-2H,(H,5,6)(H,7,8)/b;2-1+. The Hall–Kier alpha value is -3.31. The number of aliphatic carboxylic acids is 2. The lowest BCUT2D eigenvalue weighted by Gasteiger charge is -2.31. The van der Waals surface area contributed by atoms with Gasteiger partial charge in [0.2, 0.25) is 0 Å². The number of nitrogens with one attached hydrogen (secondary N) is 1. The van der Waals surface area contributed by atoms with Crippen LogP contribution < -0.4 is 5.32 Å². The Morgan fingerprint density at radius 3 is 2.48 bits per heavy atom. The van der Waals surface area contributed by atoms with Crippen molar-refractivity contribution in [1.82, 2.24) is 15.4 Å². The number of nitrogens with zero attached hydrogens (tertiary/aromatic N) is 2. The van der Waals surface area contributed by atoms with Crippen LogP contribution in [0.5, 0.6) is 0 Å². The molecule has 3 N–H and O–H groups in total. The summed E-state index contributed by atoms with van der Waals surface area (Å²) >= 11 is 0. The fourth-order valence-corrected chi connectivity index (χ4v) is 3.43. The van der Waals surface area contributed by atoms with Gasteiger partial charge < -0.3 is 29.7 Å². The fraction of sp³-hybridized carbons (Fsp3) is 0.455. The number of likely N-dealkylation sites (tertiary alicyclic amines) is 1. The van der Waals surface area contributed by atoms with E-state index in [1.165, 1.54) is 19.1 Å². The fourth-order valence-electron chi connectivity index (χ4n) is 3.43. The second-order valence-corrected chi connectivity index (χ2v) is 7.42. The minimum absolute atomic E-state index is 0.244. The molecule has 180 valence electrons. The van der Waals surface area contributed by atoms with Crippen molar-refractivity contribution in [1.29, 1.82) is 0 Å². The van der Waals surface area contributed by atoms with Gasteiger partial charge in [-0.1, -0.05) is 5.16 Å². The quantitative estimate of drug-likeness (QED) is 0.286. The van der Waals surface area contributed by atoms with Crippen LogP contribution in [0.25, 0.3) is 11.0 Å². The van der Waals surface area contributed by atoms with E-state index in [1.807, 2.05) is 0 Å². The summed E-state index contributed by atoms with van der Waals surface area (Å²) in [5, 5.41) is 24.0. The molecule has 0 unspecified atom stereocenters. The molecule has 0 saturated carbocycles. The van der Waals surface area contributed by atoms with E-state index in [4.69, 9.17) is 19.5 Å². The van der Waals surface area contributed by atoms with Crippen LogP contribution in [0.3, 0.4) is 0 Å². The molecular formula is C22H28FN3O7. The zero-order chi connectivity index (χ0) is 24.2. The smallest absolute Gasteiger partial charge is 0.328 e. The van der Waals surface area contributed by atoms with Crippen molar-refractivity contribution >= 4 is 28.9 Å². The lowest BCUT2D eigenvalue weighted by molar-refractivity contribution is -0.140. The Balaban J connectivity index is 0.000000414. The maximum atomic E-state index is 13.2. The van der Waals surface area contributed by atoms with Gasteiger partial charge >= 0.3 is 17.9 Å². The molecule has 0 radical (unpaired) electrons. The van der Waals surface area contributed by atoms with Crippen molar-refractivity contribution in [2.75, 3.05) is 39.3 Å². The minimum atomic E-state index is -1.26. The number of esters is 1. The molecule has 0 amide bonds. The third kappa shape index (κ3) is 9.38. The molecule has 1 aliphatic rings. The third-order valence-corrected chi connectivity index (χ3v) is 4.99. The first-order valence-electron chi connectivity index (χ1n) is 10.5. The molecular weight excluding hydrogens is 437 g/mol. The van der Waals surface area contributed by atoms with Crippen molar-refractivity contribution in [2.24, 2.45) is 0 Å². The molecule has 0 aliphatic carbocycles. The third-order valence-electron chi connectivity index (χ3n) is 4.99. The number of carbonyl (C=O) groups excluding carboxylic acids is 1. The van der Waals surface area contributed by atoms with Gasteiger partial charge in [0.1, 0.15) is 12.4 Å². The number of hydrogen-bond donors (Lipinski definition) is 3. The van der Waals surface area contributed by atoms with Gasteiger partial charge in [0.25, 0.3) is 0 Å². The van der Waals surface area contributed by atoms with Crippen LogP contribution in [0.2, 0.25) is 0 Å². The Labute approximate surface area is 190 Å². The molecule has 1 fully saturated rings. The molecule has 1 aromatic carbocycles. The zero-order valence-electron chi connectivity index (χ0n) is 18.3. The van der Waals surface area contributed by atoms with E-state index < -0.39 is 11.9 Å². The average Bonchev–Trinajstić information content (AvgIpc) is 3.18. The van der Waals surface area contributed by atoms with Crippen molar-refractivity contribution in [3.05, 3.63) is 41.9 Å². The summed E-state index contributed by atoms with van der Waals surface area (Å²) in [6.07, 6.45) is 3.16. The highest BCUT2D eigenvalue weighted by molar-refractivity contribution is 5.89. The Morgan fingerprint density at radius 2 is 1.88 bits per heavy atom. The number of benzene rings is 1. The maximum Gasteiger partial charge on any atom is 0.328 e. The second-order valence-electron chi connectivity index (χ2n) is 7.42. The SMILES string of the molecule is CC(=O)OCCNCCN1CCC(c2noc3cc(F)ccc23)CC1.O=C(O)/C=C/C(=O)O. The molecule has 1 aliphatic heterocycles. The summed E-state index contributed by atoms with van der Waals surface area (Å²) in [5.41, 5.74) is 1.48. The summed E-state index contributed by atoms with van der Waals surface area (Å²) in [6.45, 7) is 6.36. The molecule has 0 bridgehead atoms. The van der Waals surface area contributed by atoms with Gasteiger partial charge in [0.05, 0.1) is 5.69 Å². The normalized spacial score (nSPS) is 14.7. The van der Waals surface area contributed by atoms with Crippen LogP contribution in [0.1, 0.15) is 31.4 Å². The molecule has 0 atom stereocenters. The van der Waals surface area contributed by atoms with Crippen LogP contribution in [0.15, 0.2) is 34.9 Å². The predicted octanol–water partition coefficient (Wildman–Crippen LogP) is 2.01. The summed E-state index contributed by atoms with van der Waals surface area (Å²) in [6, 6.07) is 4.61. The van der Waals surface area contributed by atoms with Crippen molar-refractivity contribution < 1.29 is 38.2 Å². The Kier molecular flexibility index (Phi) is 10.4. The number of rotatable bonds is 9. The van der Waals surface area contributed by atoms with Crippen LogP contribution >= 0.6 is 0 Å². The number of aromatic nitrogens is 1. The Bertz CT molecular complexity index is 952. The van der Waals surface area contributed by atoms with E-state index in [2.05, 4.69) is 15.4 Å². The largest absolute Gasteiger partial charge is 0.478 e. The number of carboxylic acid groups (broad SMARTS) is 2. The van der Waals surface area contributed by atoms with E-state index >= 15 is 0 Å². The molecule has 2 aromatic rings. The number of halogens is 1. The molecule has 11 heteroatoms. The predicted molar refractivity (Wildman–Crippen MR) is 116 cm³/mol. The highest BCUT2D eigenvalue weighted by atomic mass is 19.1. The van der Waals surface area contributed by atoms with Crippen molar-refractivity contribution in [3.63, 3.8) is 0 Å². The first-order chi connectivity index (χ1) is 15.8. The monoisotopic (exact) mass is 465 g/mol. The first kappa shape index (κ1) is 25.9. The van der Waals surface area contributed by atoms with Crippen LogP contribution in [-0.2, 0) is 19.1 Å². The first-order valence-corrected chi connectivity index (χ1v) is 10.5. The van der Waals surface area contributed by atoms with Gasteiger partial charge in [-0.3, -0.25) is 4.79 Å². The average molecular weight is 465 g/mol. The number of fused-ring (bicyclic) bond motifs is 1. The number of piperidine rings is 1. The van der Waals surface area contributed by atoms with Crippen LogP contribution in [0, 0.1) is 5.82 Å². The topological polar surface area (TPSA) is 142 Å². The van der Waals surface area contributed by atoms with E-state index in [0.29, 0.717) is 36.8 Å². The highest BCUT2D eigenvalue weighted by Gasteiger charge is 2.24. The van der Waals surface area contributed by atoms with E-state index in [0.717, 1.165) is 50.1 Å². The van der Waals surface area contributed by atoms with Gasteiger partial charge in [-0.15, -0.1) is 0 Å². The molecule has 2 heterocycles. The van der Waals surface area contributed by atoms with Gasteiger partial charge in [0, 0.05) is 56.1 Å². The zero-order valence-corrected chi connectivity index (χ0v) is 18.3. The summed E-state index contributed by atoms with van der Waals surface area (Å²) in [7, 11) is 0. The van der Waals surface area contributed by atoms with Gasteiger partial charge in [-0.25, -0.2) is 14.0 Å². The summed E-state index contributed by atoms with van der Waals surface area (Å²) in [4.78, 5) is 32.2. The summed E-state index contributed by atoms with van der Waals surface area (Å²) < 4.78 is 23.4. The molecule has 0 spiro atoms. The molecule has 3 rings (SSSR count). The van der Waals surface area contributed by atoms with Crippen molar-refractivity contribution in [2.45, 2.75) is 25.7 Å². The maximum absolute atomic E-state index is 13.2. The van der Waals surface area contributed by atoms with E-state index in [1.54, 1.807) is 6.07 Å².